The summed E-state index contributed by atoms with van der Waals surface area (Å²) < 4.78 is 23.8. The van der Waals surface area contributed by atoms with Crippen LogP contribution in [0.25, 0.3) is 0 Å². The van der Waals surface area contributed by atoms with Crippen molar-refractivity contribution in [2.24, 2.45) is 0 Å². The zero-order valence-corrected chi connectivity index (χ0v) is 18.3. The molecule has 2 unspecified atom stereocenters. The predicted octanol–water partition coefficient (Wildman–Crippen LogP) is 2.28. The molecule has 156 valence electrons. The Kier molecular flexibility index (Phi) is 6.89. The van der Waals surface area contributed by atoms with Crippen molar-refractivity contribution >= 4 is 33.0 Å². The molecule has 2 atom stereocenters. The minimum Gasteiger partial charge on any atom is -0.369 e. The van der Waals surface area contributed by atoms with Gasteiger partial charge in [0.1, 0.15) is 0 Å². The SMILES string of the molecule is CCC(C)N(C(=O)CN1CCN(c2cccc(Cl)c2)CC1)C1CCS(=O)(=O)C1. The van der Waals surface area contributed by atoms with E-state index in [9.17, 15) is 13.2 Å². The van der Waals surface area contributed by atoms with Gasteiger partial charge in [0, 0.05) is 49.0 Å². The van der Waals surface area contributed by atoms with Crippen molar-refractivity contribution < 1.29 is 13.2 Å². The first-order valence-corrected chi connectivity index (χ1v) is 12.2. The smallest absolute Gasteiger partial charge is 0.237 e. The van der Waals surface area contributed by atoms with E-state index >= 15 is 0 Å². The van der Waals surface area contributed by atoms with Crippen molar-refractivity contribution in [2.45, 2.75) is 38.8 Å². The standard InChI is InChI=1S/C20H30ClN3O3S/c1-3-16(2)24(19-7-12-28(26,27)15-19)20(25)14-22-8-10-23(11-9-22)18-6-4-5-17(21)13-18/h4-6,13,16,19H,3,7-12,14-15H2,1-2H3. The molecule has 8 heteroatoms. The molecule has 1 aromatic carbocycles. The van der Waals surface area contributed by atoms with Crippen molar-refractivity contribution in [3.8, 4) is 0 Å². The van der Waals surface area contributed by atoms with E-state index in [2.05, 4.69) is 15.9 Å². The van der Waals surface area contributed by atoms with Gasteiger partial charge in [-0.15, -0.1) is 0 Å². The monoisotopic (exact) mass is 427 g/mol. The molecule has 0 aromatic heterocycles. The third kappa shape index (κ3) is 5.19. The Balaban J connectivity index is 1.58. The number of sulfone groups is 1. The lowest BCUT2D eigenvalue weighted by molar-refractivity contribution is -0.136. The molecule has 28 heavy (non-hydrogen) atoms. The Labute approximate surface area is 173 Å². The molecule has 2 aliphatic rings. The van der Waals surface area contributed by atoms with E-state index in [1.54, 1.807) is 0 Å². The van der Waals surface area contributed by atoms with Crippen LogP contribution in [0.15, 0.2) is 24.3 Å². The van der Waals surface area contributed by atoms with Crippen molar-refractivity contribution in [1.29, 1.82) is 0 Å². The van der Waals surface area contributed by atoms with Gasteiger partial charge in [0.05, 0.1) is 18.1 Å². The molecule has 0 aliphatic carbocycles. The summed E-state index contributed by atoms with van der Waals surface area (Å²) in [6.07, 6.45) is 1.38. The molecule has 1 amide bonds. The van der Waals surface area contributed by atoms with Crippen molar-refractivity contribution in [1.82, 2.24) is 9.80 Å². The molecule has 0 saturated carbocycles. The van der Waals surface area contributed by atoms with Gasteiger partial charge < -0.3 is 9.80 Å². The Bertz CT molecular complexity index is 794. The van der Waals surface area contributed by atoms with Crippen molar-refractivity contribution in [3.63, 3.8) is 0 Å². The number of carbonyl (C=O) groups excluding carboxylic acids is 1. The number of piperazine rings is 1. The Morgan fingerprint density at radius 2 is 2.00 bits per heavy atom. The van der Waals surface area contributed by atoms with Crippen molar-refractivity contribution in [3.05, 3.63) is 29.3 Å². The van der Waals surface area contributed by atoms with Gasteiger partial charge in [-0.25, -0.2) is 8.42 Å². The maximum atomic E-state index is 13.1. The lowest BCUT2D eigenvalue weighted by atomic mass is 10.1. The number of nitrogens with zero attached hydrogens (tertiary/aromatic N) is 3. The Hall–Kier alpha value is -1.31. The van der Waals surface area contributed by atoms with E-state index in [1.165, 1.54) is 0 Å². The second kappa shape index (κ2) is 9.01. The summed E-state index contributed by atoms with van der Waals surface area (Å²) >= 11 is 6.09. The molecule has 0 radical (unpaired) electrons. The number of amides is 1. The number of rotatable bonds is 6. The molecule has 3 rings (SSSR count). The minimum absolute atomic E-state index is 0.0488. The quantitative estimate of drug-likeness (QED) is 0.697. The summed E-state index contributed by atoms with van der Waals surface area (Å²) in [7, 11) is -3.02. The first-order valence-electron chi connectivity index (χ1n) is 10.0. The maximum Gasteiger partial charge on any atom is 0.237 e. The Morgan fingerprint density at radius 1 is 1.29 bits per heavy atom. The number of anilines is 1. The average molecular weight is 428 g/mol. The van der Waals surface area contributed by atoms with Gasteiger partial charge in [0.15, 0.2) is 9.84 Å². The van der Waals surface area contributed by atoms with Gasteiger partial charge in [0.25, 0.3) is 0 Å². The molecular weight excluding hydrogens is 398 g/mol. The van der Waals surface area contributed by atoms with Crippen LogP contribution in [0.1, 0.15) is 26.7 Å². The summed E-state index contributed by atoms with van der Waals surface area (Å²) in [5.41, 5.74) is 1.11. The lowest BCUT2D eigenvalue weighted by Gasteiger charge is -2.39. The van der Waals surface area contributed by atoms with Gasteiger partial charge in [-0.1, -0.05) is 24.6 Å². The van der Waals surface area contributed by atoms with Crippen molar-refractivity contribution in [2.75, 3.05) is 49.1 Å². The molecule has 2 fully saturated rings. The van der Waals surface area contributed by atoms with Gasteiger partial charge in [-0.2, -0.15) is 0 Å². The van der Waals surface area contributed by atoms with Crippen LogP contribution in [0.4, 0.5) is 5.69 Å². The molecule has 0 bridgehead atoms. The number of benzene rings is 1. The highest BCUT2D eigenvalue weighted by Gasteiger charge is 2.37. The van der Waals surface area contributed by atoms with Gasteiger partial charge in [0.2, 0.25) is 5.91 Å². The molecule has 1 aromatic rings. The van der Waals surface area contributed by atoms with Crippen LogP contribution in [0, 0.1) is 0 Å². The van der Waals surface area contributed by atoms with Crippen LogP contribution in [-0.2, 0) is 14.6 Å². The highest BCUT2D eigenvalue weighted by molar-refractivity contribution is 7.91. The number of hydrogen-bond acceptors (Lipinski definition) is 5. The third-order valence-corrected chi connectivity index (χ3v) is 7.85. The maximum absolute atomic E-state index is 13.1. The summed E-state index contributed by atoms with van der Waals surface area (Å²) in [5.74, 6) is 0.342. The second-order valence-electron chi connectivity index (χ2n) is 7.86. The fourth-order valence-electron chi connectivity index (χ4n) is 4.11. The molecule has 2 saturated heterocycles. The lowest BCUT2D eigenvalue weighted by Crippen LogP contribution is -2.53. The summed E-state index contributed by atoms with van der Waals surface area (Å²) in [6, 6.07) is 7.71. The van der Waals surface area contributed by atoms with Gasteiger partial charge in [-0.3, -0.25) is 9.69 Å². The van der Waals surface area contributed by atoms with E-state index in [0.717, 1.165) is 43.3 Å². The molecule has 2 aliphatic heterocycles. The van der Waals surface area contributed by atoms with E-state index in [4.69, 9.17) is 11.6 Å². The van der Waals surface area contributed by atoms with Gasteiger partial charge in [-0.05, 0) is 38.0 Å². The summed E-state index contributed by atoms with van der Waals surface area (Å²) in [4.78, 5) is 19.4. The fourth-order valence-corrected chi connectivity index (χ4v) is 6.01. The molecule has 6 nitrogen and oxygen atoms in total. The number of carbonyl (C=O) groups is 1. The zero-order chi connectivity index (χ0) is 20.3. The second-order valence-corrected chi connectivity index (χ2v) is 10.5. The van der Waals surface area contributed by atoms with E-state index in [-0.39, 0.29) is 29.5 Å². The largest absolute Gasteiger partial charge is 0.369 e. The van der Waals surface area contributed by atoms with Crippen LogP contribution in [0.3, 0.4) is 0 Å². The summed E-state index contributed by atoms with van der Waals surface area (Å²) in [6.45, 7) is 7.69. The van der Waals surface area contributed by atoms with E-state index < -0.39 is 9.84 Å². The highest BCUT2D eigenvalue weighted by Crippen LogP contribution is 2.23. The van der Waals surface area contributed by atoms with E-state index in [0.29, 0.717) is 13.0 Å². The van der Waals surface area contributed by atoms with Crippen LogP contribution < -0.4 is 4.90 Å². The van der Waals surface area contributed by atoms with Crippen LogP contribution in [0.5, 0.6) is 0 Å². The average Bonchev–Trinajstić information content (AvgIpc) is 3.01. The Morgan fingerprint density at radius 3 is 2.57 bits per heavy atom. The van der Waals surface area contributed by atoms with E-state index in [1.807, 2.05) is 36.9 Å². The van der Waals surface area contributed by atoms with Gasteiger partial charge >= 0.3 is 0 Å². The first-order chi connectivity index (χ1) is 13.3. The highest BCUT2D eigenvalue weighted by atomic mass is 35.5. The molecule has 0 spiro atoms. The molecule has 0 N–H and O–H groups in total. The van der Waals surface area contributed by atoms with Crippen LogP contribution in [-0.4, -0.2) is 80.4 Å². The number of hydrogen-bond donors (Lipinski definition) is 0. The number of halogens is 1. The van der Waals surface area contributed by atoms with Crippen LogP contribution >= 0.6 is 11.6 Å². The topological polar surface area (TPSA) is 60.9 Å². The predicted molar refractivity (Wildman–Crippen MR) is 114 cm³/mol. The molecular formula is C20H30ClN3O3S. The zero-order valence-electron chi connectivity index (χ0n) is 16.7. The summed E-state index contributed by atoms with van der Waals surface area (Å²) in [5, 5.41) is 0.728. The minimum atomic E-state index is -3.02. The first kappa shape index (κ1) is 21.4. The third-order valence-electron chi connectivity index (χ3n) is 5.86. The fraction of sp³-hybridized carbons (Fsp3) is 0.650. The molecule has 2 heterocycles. The normalized spacial score (nSPS) is 23.5. The van der Waals surface area contributed by atoms with Crippen LogP contribution in [0.2, 0.25) is 5.02 Å².